The molecule has 1 N–H and O–H groups in total. The van der Waals surface area contributed by atoms with E-state index in [1.807, 2.05) is 0 Å². The lowest BCUT2D eigenvalue weighted by molar-refractivity contribution is 0.605. The average Bonchev–Trinajstić information content (AvgIpc) is 2.18. The Balaban J connectivity index is 3.16. The van der Waals surface area contributed by atoms with Crippen molar-refractivity contribution in [3.8, 4) is 0 Å². The van der Waals surface area contributed by atoms with E-state index in [9.17, 15) is 9.59 Å². The summed E-state index contributed by atoms with van der Waals surface area (Å²) in [6.45, 7) is 3.99. The van der Waals surface area contributed by atoms with Crippen molar-refractivity contribution in [2.45, 2.75) is 0 Å². The molecule has 0 bridgehead atoms. The van der Waals surface area contributed by atoms with Crippen LogP contribution in [0.4, 0.5) is 5.82 Å². The predicted octanol–water partition coefficient (Wildman–Crippen LogP) is -0.201. The highest BCUT2D eigenvalue weighted by Gasteiger charge is 2.07. The molecule has 1 rings (SSSR count). The molecule has 7 heteroatoms. The number of aromatic nitrogens is 3. The topological polar surface area (TPSA) is 68.9 Å². The molecule has 0 radical (unpaired) electrons. The van der Waals surface area contributed by atoms with Crippen LogP contribution >= 0.6 is 15.9 Å². The fraction of sp³-hybridized carbons (Fsp3) is 0.375. The molecule has 0 atom stereocenters. The highest BCUT2D eigenvalue weighted by atomic mass is 79.9. The van der Waals surface area contributed by atoms with E-state index in [1.54, 1.807) is 0 Å². The second-order valence-corrected chi connectivity index (χ2v) is 4.11. The molecule has 0 aromatic carbocycles. The van der Waals surface area contributed by atoms with Crippen LogP contribution in [-0.2, 0) is 14.1 Å². The summed E-state index contributed by atoms with van der Waals surface area (Å²) >= 11 is 3.15. The summed E-state index contributed by atoms with van der Waals surface area (Å²) in [5, 5.41) is 6.57. The number of hydrogen-bond donors (Lipinski definition) is 1. The molecule has 1 aromatic heterocycles. The van der Waals surface area contributed by atoms with Crippen LogP contribution < -0.4 is 16.6 Å². The van der Waals surface area contributed by atoms with Crippen molar-refractivity contribution in [1.29, 1.82) is 0 Å². The number of rotatable bonds is 3. The third-order valence-electron chi connectivity index (χ3n) is 1.77. The molecule has 0 aliphatic rings. The predicted molar refractivity (Wildman–Crippen MR) is 61.3 cm³/mol. The van der Waals surface area contributed by atoms with E-state index in [4.69, 9.17) is 0 Å². The van der Waals surface area contributed by atoms with Gasteiger partial charge in [0.15, 0.2) is 0 Å². The van der Waals surface area contributed by atoms with Gasteiger partial charge >= 0.3 is 5.69 Å². The standard InChI is InChI=1S/C8H11BrN4O2/c1-5(9)4-10-6-7(14)12(2)8(15)13(3)11-6/h1,4H2,2-3H3,(H,10,11). The summed E-state index contributed by atoms with van der Waals surface area (Å²) in [7, 11) is 2.89. The first-order chi connectivity index (χ1) is 6.93. The molecule has 0 aliphatic carbocycles. The zero-order chi connectivity index (χ0) is 11.6. The number of aryl methyl sites for hydroxylation is 1. The van der Waals surface area contributed by atoms with Gasteiger partial charge in [-0.2, -0.15) is 0 Å². The lowest BCUT2D eigenvalue weighted by Gasteiger charge is -2.06. The van der Waals surface area contributed by atoms with Crippen molar-refractivity contribution < 1.29 is 0 Å². The number of nitrogens with zero attached hydrogens (tertiary/aromatic N) is 3. The van der Waals surface area contributed by atoms with Crippen molar-refractivity contribution in [1.82, 2.24) is 14.3 Å². The molecule has 1 heterocycles. The van der Waals surface area contributed by atoms with Crippen molar-refractivity contribution in [3.05, 3.63) is 31.9 Å². The average molecular weight is 275 g/mol. The van der Waals surface area contributed by atoms with Gasteiger partial charge in [0.25, 0.3) is 5.56 Å². The smallest absolute Gasteiger partial charge is 0.346 e. The summed E-state index contributed by atoms with van der Waals surface area (Å²) in [5.74, 6) is 0.125. The van der Waals surface area contributed by atoms with Crippen LogP contribution in [0.15, 0.2) is 20.7 Å². The van der Waals surface area contributed by atoms with E-state index in [-0.39, 0.29) is 5.82 Å². The lowest BCUT2D eigenvalue weighted by Crippen LogP contribution is -2.40. The van der Waals surface area contributed by atoms with Gasteiger partial charge < -0.3 is 5.32 Å². The SMILES string of the molecule is C=C(Br)CNc1nn(C)c(=O)n(C)c1=O. The number of hydrogen-bond acceptors (Lipinski definition) is 4. The molecule has 0 saturated carbocycles. The van der Waals surface area contributed by atoms with E-state index in [0.717, 1.165) is 9.25 Å². The van der Waals surface area contributed by atoms with Gasteiger partial charge in [-0.3, -0.25) is 9.36 Å². The normalized spacial score (nSPS) is 10.1. The van der Waals surface area contributed by atoms with Gasteiger partial charge in [0, 0.05) is 25.1 Å². The van der Waals surface area contributed by atoms with E-state index in [0.29, 0.717) is 11.0 Å². The van der Waals surface area contributed by atoms with Gasteiger partial charge in [0.1, 0.15) is 0 Å². The van der Waals surface area contributed by atoms with Gasteiger partial charge in [-0.25, -0.2) is 9.48 Å². The minimum atomic E-state index is -0.455. The highest BCUT2D eigenvalue weighted by Crippen LogP contribution is 2.00. The van der Waals surface area contributed by atoms with Crippen LogP contribution in [-0.4, -0.2) is 20.9 Å². The Morgan fingerprint density at radius 3 is 2.67 bits per heavy atom. The zero-order valence-corrected chi connectivity index (χ0v) is 10.0. The van der Waals surface area contributed by atoms with Crippen LogP contribution in [0, 0.1) is 0 Å². The highest BCUT2D eigenvalue weighted by molar-refractivity contribution is 9.11. The fourth-order valence-corrected chi connectivity index (χ4v) is 1.13. The molecule has 0 amide bonds. The quantitative estimate of drug-likeness (QED) is 0.829. The molecule has 0 spiro atoms. The Kier molecular flexibility index (Phi) is 3.46. The van der Waals surface area contributed by atoms with Crippen LogP contribution in [0.2, 0.25) is 0 Å². The summed E-state index contributed by atoms with van der Waals surface area (Å²) in [6, 6.07) is 0. The van der Waals surface area contributed by atoms with Crippen LogP contribution in [0.1, 0.15) is 0 Å². The number of anilines is 1. The zero-order valence-electron chi connectivity index (χ0n) is 8.45. The second-order valence-electron chi connectivity index (χ2n) is 2.99. The molecule has 15 heavy (non-hydrogen) atoms. The number of halogens is 1. The van der Waals surface area contributed by atoms with E-state index in [2.05, 4.69) is 32.9 Å². The molecule has 0 fully saturated rings. The third kappa shape index (κ3) is 2.56. The Morgan fingerprint density at radius 1 is 1.53 bits per heavy atom. The van der Waals surface area contributed by atoms with Crippen molar-refractivity contribution in [3.63, 3.8) is 0 Å². The van der Waals surface area contributed by atoms with Crippen LogP contribution in [0.25, 0.3) is 0 Å². The van der Waals surface area contributed by atoms with E-state index >= 15 is 0 Å². The Morgan fingerprint density at radius 2 is 2.13 bits per heavy atom. The minimum absolute atomic E-state index is 0.125. The second kappa shape index (κ2) is 4.43. The summed E-state index contributed by atoms with van der Waals surface area (Å²) in [4.78, 5) is 22.8. The molecule has 0 aliphatic heterocycles. The maximum Gasteiger partial charge on any atom is 0.346 e. The minimum Gasteiger partial charge on any atom is -0.359 e. The van der Waals surface area contributed by atoms with Crippen molar-refractivity contribution in [2.24, 2.45) is 14.1 Å². The molecule has 6 nitrogen and oxygen atoms in total. The Bertz CT molecular complexity index is 502. The largest absolute Gasteiger partial charge is 0.359 e. The third-order valence-corrected chi connectivity index (χ3v) is 2.05. The van der Waals surface area contributed by atoms with Gasteiger partial charge in [-0.05, 0) is 0 Å². The van der Waals surface area contributed by atoms with E-state index in [1.165, 1.54) is 14.1 Å². The van der Waals surface area contributed by atoms with Crippen LogP contribution in [0.3, 0.4) is 0 Å². The van der Waals surface area contributed by atoms with Gasteiger partial charge in [0.05, 0.1) is 0 Å². The lowest BCUT2D eigenvalue weighted by atomic mass is 10.5. The monoisotopic (exact) mass is 274 g/mol. The van der Waals surface area contributed by atoms with Gasteiger partial charge in [-0.1, -0.05) is 22.5 Å². The van der Waals surface area contributed by atoms with Gasteiger partial charge in [0.2, 0.25) is 5.82 Å². The molecular weight excluding hydrogens is 264 g/mol. The molecular formula is C8H11BrN4O2. The maximum absolute atomic E-state index is 11.5. The molecule has 82 valence electrons. The van der Waals surface area contributed by atoms with E-state index < -0.39 is 11.2 Å². The Hall–Kier alpha value is -1.37. The van der Waals surface area contributed by atoms with Crippen LogP contribution in [0.5, 0.6) is 0 Å². The first kappa shape index (κ1) is 11.7. The van der Waals surface area contributed by atoms with Gasteiger partial charge in [-0.15, -0.1) is 5.10 Å². The summed E-state index contributed by atoms with van der Waals surface area (Å²) in [6.07, 6.45) is 0. The molecule has 0 saturated heterocycles. The molecule has 1 aromatic rings. The molecule has 0 unspecified atom stereocenters. The van der Waals surface area contributed by atoms with Crippen molar-refractivity contribution in [2.75, 3.05) is 11.9 Å². The first-order valence-electron chi connectivity index (χ1n) is 4.15. The number of nitrogens with one attached hydrogen (secondary N) is 1. The first-order valence-corrected chi connectivity index (χ1v) is 4.94. The fourth-order valence-electron chi connectivity index (χ4n) is 0.989. The summed E-state index contributed by atoms with van der Waals surface area (Å²) in [5.41, 5.74) is -0.907. The van der Waals surface area contributed by atoms with Crippen molar-refractivity contribution >= 4 is 21.7 Å². The Labute approximate surface area is 94.4 Å². The summed E-state index contributed by atoms with van der Waals surface area (Å²) < 4.78 is 2.78. The maximum atomic E-state index is 11.5.